The van der Waals surface area contributed by atoms with E-state index in [2.05, 4.69) is 38.1 Å². The summed E-state index contributed by atoms with van der Waals surface area (Å²) in [5.41, 5.74) is 3.33. The van der Waals surface area contributed by atoms with Crippen molar-refractivity contribution in [1.29, 1.82) is 0 Å². The summed E-state index contributed by atoms with van der Waals surface area (Å²) in [6.07, 6.45) is 11.8. The molecule has 0 heterocycles. The molecule has 0 aliphatic rings. The molecule has 0 aliphatic carbocycles. The Hall–Kier alpha value is -2.94. The number of non-ortho nitro benzene ring substituents is 1. The van der Waals surface area contributed by atoms with Crippen molar-refractivity contribution in [1.82, 2.24) is 0 Å². The van der Waals surface area contributed by atoms with E-state index in [-0.39, 0.29) is 10.6 Å². The molecule has 0 amide bonds. The average Bonchev–Trinajstić information content (AvgIpc) is 2.73. The van der Waals surface area contributed by atoms with E-state index in [0.29, 0.717) is 5.92 Å². The van der Waals surface area contributed by atoms with E-state index < -0.39 is 0 Å². The molecule has 0 unspecified atom stereocenters. The summed E-state index contributed by atoms with van der Waals surface area (Å²) in [6.45, 7) is 12.3. The second kappa shape index (κ2) is 15.2. The topological polar surface area (TPSA) is 43.1 Å². The molecule has 150 valence electrons. The van der Waals surface area contributed by atoms with Crippen molar-refractivity contribution >= 4 is 17.8 Å². The van der Waals surface area contributed by atoms with Gasteiger partial charge in [0.15, 0.2) is 0 Å². The molecule has 0 radical (unpaired) electrons. The van der Waals surface area contributed by atoms with Crippen LogP contribution in [0.4, 0.5) is 5.69 Å². The zero-order chi connectivity index (χ0) is 21.4. The summed E-state index contributed by atoms with van der Waals surface area (Å²) in [5.74, 6) is 0.518. The highest BCUT2D eigenvalue weighted by Crippen LogP contribution is 2.18. The monoisotopic (exact) mass is 379 g/mol. The Balaban J connectivity index is 0.000000780. The Morgan fingerprint density at radius 1 is 0.857 bits per heavy atom. The lowest BCUT2D eigenvalue weighted by atomic mass is 10.0. The third kappa shape index (κ3) is 10.3. The number of hydrogen-bond acceptors (Lipinski definition) is 2. The van der Waals surface area contributed by atoms with Crippen LogP contribution in [0.5, 0.6) is 0 Å². The minimum atomic E-state index is -0.380. The standard InChI is InChI=1S/C17H17NO2.C6H10.C2H6/c1-13(2)16-10-8-14(9-11-16)6-7-15-4-3-5-17(12-15)18(19)20;1-3-5-6-4-2;1-2/h3-13H,1-2H3;3-6H,1-2H3;1-2H3/b7-6+;5-3-,6-4-;. The summed E-state index contributed by atoms with van der Waals surface area (Å²) in [7, 11) is 0. The maximum atomic E-state index is 10.7. The zero-order valence-corrected chi connectivity index (χ0v) is 17.9. The van der Waals surface area contributed by atoms with Gasteiger partial charge in [-0.1, -0.05) is 101 Å². The van der Waals surface area contributed by atoms with Crippen LogP contribution in [0.15, 0.2) is 72.8 Å². The van der Waals surface area contributed by atoms with Crippen molar-refractivity contribution in [3.8, 4) is 0 Å². The first-order valence-electron chi connectivity index (χ1n) is 9.74. The van der Waals surface area contributed by atoms with E-state index in [4.69, 9.17) is 0 Å². The molecule has 0 aliphatic heterocycles. The first-order valence-corrected chi connectivity index (χ1v) is 9.74. The van der Waals surface area contributed by atoms with Crippen molar-refractivity contribution < 1.29 is 4.92 Å². The van der Waals surface area contributed by atoms with E-state index in [1.807, 2.05) is 70.2 Å². The highest BCUT2D eigenvalue weighted by molar-refractivity contribution is 5.70. The van der Waals surface area contributed by atoms with Gasteiger partial charge in [0.1, 0.15) is 0 Å². The van der Waals surface area contributed by atoms with Crippen LogP contribution in [0.25, 0.3) is 12.2 Å². The Labute approximate surface area is 170 Å². The minimum absolute atomic E-state index is 0.113. The molecule has 0 aromatic heterocycles. The fourth-order valence-corrected chi connectivity index (χ4v) is 2.15. The fraction of sp³-hybridized carbons (Fsp3) is 0.280. The van der Waals surface area contributed by atoms with Crippen molar-refractivity contribution in [2.24, 2.45) is 0 Å². The number of nitrogens with zero attached hydrogens (tertiary/aromatic N) is 1. The fourth-order valence-electron chi connectivity index (χ4n) is 2.15. The van der Waals surface area contributed by atoms with Gasteiger partial charge in [-0.15, -0.1) is 0 Å². The predicted octanol–water partition coefficient (Wildman–Crippen LogP) is 8.05. The van der Waals surface area contributed by atoms with Crippen LogP contribution < -0.4 is 0 Å². The average molecular weight is 380 g/mol. The van der Waals surface area contributed by atoms with Crippen LogP contribution in [-0.2, 0) is 0 Å². The van der Waals surface area contributed by atoms with Crippen LogP contribution in [0.1, 0.15) is 64.2 Å². The number of nitro groups is 1. The van der Waals surface area contributed by atoms with E-state index in [9.17, 15) is 10.1 Å². The molecule has 0 atom stereocenters. The molecule has 0 saturated heterocycles. The highest BCUT2D eigenvalue weighted by atomic mass is 16.6. The largest absolute Gasteiger partial charge is 0.270 e. The summed E-state index contributed by atoms with van der Waals surface area (Å²) >= 11 is 0. The molecular weight excluding hydrogens is 346 g/mol. The van der Waals surface area contributed by atoms with Crippen LogP contribution in [0.3, 0.4) is 0 Å². The van der Waals surface area contributed by atoms with Gasteiger partial charge in [-0.3, -0.25) is 10.1 Å². The van der Waals surface area contributed by atoms with Crippen molar-refractivity contribution in [3.63, 3.8) is 0 Å². The maximum absolute atomic E-state index is 10.7. The smallest absolute Gasteiger partial charge is 0.258 e. The Morgan fingerprint density at radius 3 is 1.86 bits per heavy atom. The van der Waals surface area contributed by atoms with Gasteiger partial charge in [-0.25, -0.2) is 0 Å². The van der Waals surface area contributed by atoms with E-state index in [1.165, 1.54) is 11.6 Å². The van der Waals surface area contributed by atoms with Crippen molar-refractivity contribution in [2.75, 3.05) is 0 Å². The van der Waals surface area contributed by atoms with E-state index in [0.717, 1.165) is 11.1 Å². The zero-order valence-electron chi connectivity index (χ0n) is 17.9. The Kier molecular flexibility index (Phi) is 13.6. The number of nitro benzene ring substituents is 1. The summed E-state index contributed by atoms with van der Waals surface area (Å²) in [5, 5.41) is 10.7. The Morgan fingerprint density at radius 2 is 1.39 bits per heavy atom. The van der Waals surface area contributed by atoms with E-state index in [1.54, 1.807) is 12.1 Å². The van der Waals surface area contributed by atoms with Crippen LogP contribution in [-0.4, -0.2) is 4.92 Å². The summed E-state index contributed by atoms with van der Waals surface area (Å²) < 4.78 is 0. The molecule has 0 spiro atoms. The first kappa shape index (κ1) is 25.1. The van der Waals surface area contributed by atoms with Gasteiger partial charge in [0.05, 0.1) is 4.92 Å². The van der Waals surface area contributed by atoms with Gasteiger partial charge in [-0.05, 0) is 36.5 Å². The number of allylic oxidation sites excluding steroid dienone is 4. The van der Waals surface area contributed by atoms with Gasteiger partial charge in [0, 0.05) is 12.1 Å². The lowest BCUT2D eigenvalue weighted by Gasteiger charge is -2.04. The van der Waals surface area contributed by atoms with E-state index >= 15 is 0 Å². The van der Waals surface area contributed by atoms with Gasteiger partial charge in [0.2, 0.25) is 0 Å². The SMILES string of the molecule is C/C=C\C=C/C.CC.CC(C)c1ccc(/C=C/c2cccc([N+](=O)[O-])c2)cc1. The van der Waals surface area contributed by atoms with Crippen LogP contribution >= 0.6 is 0 Å². The molecule has 0 bridgehead atoms. The molecular formula is C25H33NO2. The lowest BCUT2D eigenvalue weighted by Crippen LogP contribution is -1.87. The van der Waals surface area contributed by atoms with Crippen molar-refractivity contribution in [2.45, 2.75) is 47.5 Å². The summed E-state index contributed by atoms with van der Waals surface area (Å²) in [6, 6.07) is 14.9. The van der Waals surface area contributed by atoms with Gasteiger partial charge in [0.25, 0.3) is 5.69 Å². The second-order valence-corrected chi connectivity index (χ2v) is 6.06. The molecule has 3 nitrogen and oxygen atoms in total. The lowest BCUT2D eigenvalue weighted by molar-refractivity contribution is -0.384. The molecule has 2 rings (SSSR count). The van der Waals surface area contributed by atoms with Crippen LogP contribution in [0.2, 0.25) is 0 Å². The third-order valence-electron chi connectivity index (χ3n) is 3.65. The highest BCUT2D eigenvalue weighted by Gasteiger charge is 2.03. The number of benzene rings is 2. The molecule has 0 saturated carbocycles. The van der Waals surface area contributed by atoms with Crippen LogP contribution in [0, 0.1) is 10.1 Å². The van der Waals surface area contributed by atoms with Gasteiger partial charge >= 0.3 is 0 Å². The predicted molar refractivity (Wildman–Crippen MR) is 124 cm³/mol. The quantitative estimate of drug-likeness (QED) is 0.228. The maximum Gasteiger partial charge on any atom is 0.270 e. The molecule has 0 fully saturated rings. The first-order chi connectivity index (χ1) is 13.5. The van der Waals surface area contributed by atoms with Gasteiger partial charge in [-0.2, -0.15) is 0 Å². The summed E-state index contributed by atoms with van der Waals surface area (Å²) in [4.78, 5) is 10.3. The second-order valence-electron chi connectivity index (χ2n) is 6.06. The normalized spacial score (nSPS) is 10.7. The third-order valence-corrected chi connectivity index (χ3v) is 3.65. The van der Waals surface area contributed by atoms with Crippen molar-refractivity contribution in [3.05, 3.63) is 99.6 Å². The minimum Gasteiger partial charge on any atom is -0.258 e. The number of rotatable bonds is 5. The number of hydrogen-bond donors (Lipinski definition) is 0. The van der Waals surface area contributed by atoms with Gasteiger partial charge < -0.3 is 0 Å². The molecule has 2 aromatic rings. The molecule has 2 aromatic carbocycles. The molecule has 3 heteroatoms. The molecule has 0 N–H and O–H groups in total. The molecule has 28 heavy (non-hydrogen) atoms. The Bertz CT molecular complexity index is 759.